The molecule has 3 aliphatic rings. The number of allylic oxidation sites excluding steroid dienone is 4. The monoisotopic (exact) mass is 493 g/mol. The molecule has 0 saturated carbocycles. The van der Waals surface area contributed by atoms with Crippen LogP contribution >= 0.6 is 0 Å². The van der Waals surface area contributed by atoms with Crippen molar-refractivity contribution >= 4 is 17.5 Å². The van der Waals surface area contributed by atoms with Gasteiger partial charge in [-0.3, -0.25) is 14.5 Å². The Morgan fingerprint density at radius 3 is 2.42 bits per heavy atom. The largest absolute Gasteiger partial charge is 0.462 e. The quantitative estimate of drug-likeness (QED) is 0.347. The number of fused-ring (bicyclic) bond motifs is 1. The van der Waals surface area contributed by atoms with Crippen LogP contribution in [0.2, 0.25) is 0 Å². The van der Waals surface area contributed by atoms with E-state index in [9.17, 15) is 14.4 Å². The lowest BCUT2D eigenvalue weighted by Gasteiger charge is -2.38. The fraction of sp³-hybridized carbons (Fsp3) is 0.444. The molecule has 1 aliphatic carbocycles. The normalized spacial score (nSPS) is 18.5. The number of dihydropyridines is 1. The predicted molar refractivity (Wildman–Crippen MR) is 137 cm³/mol. The molecule has 1 fully saturated rings. The smallest absolute Gasteiger partial charge is 0.335 e. The Morgan fingerprint density at radius 2 is 1.78 bits per heavy atom. The van der Waals surface area contributed by atoms with Gasteiger partial charge < -0.3 is 26.0 Å². The lowest BCUT2D eigenvalue weighted by atomic mass is 9.90. The Bertz CT molecular complexity index is 1110. The number of esters is 1. The van der Waals surface area contributed by atoms with Gasteiger partial charge in [0.05, 0.1) is 12.2 Å². The summed E-state index contributed by atoms with van der Waals surface area (Å²) >= 11 is 0. The molecule has 36 heavy (non-hydrogen) atoms. The van der Waals surface area contributed by atoms with Crippen molar-refractivity contribution in [3.05, 3.63) is 70.3 Å². The van der Waals surface area contributed by atoms with Crippen molar-refractivity contribution in [2.45, 2.75) is 20.3 Å². The molecule has 9 nitrogen and oxygen atoms in total. The molecular weight excluding hydrogens is 458 g/mol. The van der Waals surface area contributed by atoms with Gasteiger partial charge in [0.2, 0.25) is 11.6 Å². The third-order valence-corrected chi connectivity index (χ3v) is 6.54. The third-order valence-electron chi connectivity index (χ3n) is 6.54. The number of ether oxygens (including phenoxy) is 1. The lowest BCUT2D eigenvalue weighted by molar-refractivity contribution is -0.140. The predicted octanol–water partition coefficient (Wildman–Crippen LogP) is 1.40. The number of nitrogens with zero attached hydrogens (tertiary/aromatic N) is 2. The van der Waals surface area contributed by atoms with Crippen LogP contribution in [0.15, 0.2) is 59.2 Å². The van der Waals surface area contributed by atoms with Gasteiger partial charge in [-0.25, -0.2) is 4.79 Å². The van der Waals surface area contributed by atoms with Crippen molar-refractivity contribution in [3.8, 4) is 0 Å². The minimum absolute atomic E-state index is 0.00837. The topological polar surface area (TPSA) is 117 Å². The molecule has 1 aromatic rings. The van der Waals surface area contributed by atoms with Crippen molar-refractivity contribution in [2.75, 3.05) is 52.4 Å². The molecule has 0 spiro atoms. The van der Waals surface area contributed by atoms with E-state index in [0.717, 1.165) is 45.0 Å². The molecule has 2 aliphatic heterocycles. The van der Waals surface area contributed by atoms with Crippen LogP contribution in [-0.4, -0.2) is 79.8 Å². The summed E-state index contributed by atoms with van der Waals surface area (Å²) in [7, 11) is 0. The molecule has 192 valence electrons. The third kappa shape index (κ3) is 5.79. The second kappa shape index (κ2) is 11.4. The second-order valence-electron chi connectivity index (χ2n) is 9.69. The number of ketones is 2. The van der Waals surface area contributed by atoms with Gasteiger partial charge in [-0.15, -0.1) is 0 Å². The minimum Gasteiger partial charge on any atom is -0.462 e. The van der Waals surface area contributed by atoms with E-state index in [1.807, 2.05) is 26.0 Å². The summed E-state index contributed by atoms with van der Waals surface area (Å²) in [5.74, 6) is 0.556. The molecule has 2 heterocycles. The number of Topliss-reactive ketones (excluding diaryl/α,β-unsaturated/α-hetero) is 2. The fourth-order valence-corrected chi connectivity index (χ4v) is 4.47. The zero-order valence-electron chi connectivity index (χ0n) is 21.0. The van der Waals surface area contributed by atoms with Crippen molar-refractivity contribution in [1.29, 1.82) is 0 Å². The maximum atomic E-state index is 12.8. The number of nitrogens with one attached hydrogen (secondary N) is 2. The van der Waals surface area contributed by atoms with Crippen LogP contribution in [0, 0.1) is 5.92 Å². The zero-order chi connectivity index (χ0) is 25.7. The number of piperazine rings is 1. The van der Waals surface area contributed by atoms with Crippen molar-refractivity contribution in [2.24, 2.45) is 11.7 Å². The average molecular weight is 494 g/mol. The molecule has 0 unspecified atom stereocenters. The van der Waals surface area contributed by atoms with E-state index in [0.29, 0.717) is 42.3 Å². The number of nitrogens with two attached hydrogens (primary N) is 1. The van der Waals surface area contributed by atoms with Crippen molar-refractivity contribution < 1.29 is 19.1 Å². The Labute approximate surface area is 212 Å². The van der Waals surface area contributed by atoms with Gasteiger partial charge in [-0.05, 0) is 31.0 Å². The van der Waals surface area contributed by atoms with Crippen LogP contribution in [0.5, 0.6) is 0 Å². The summed E-state index contributed by atoms with van der Waals surface area (Å²) in [6, 6.07) is 6.78. The Hall–Kier alpha value is -3.59. The van der Waals surface area contributed by atoms with E-state index >= 15 is 0 Å². The molecule has 0 atom stereocenters. The summed E-state index contributed by atoms with van der Waals surface area (Å²) in [5.41, 5.74) is 7.58. The van der Waals surface area contributed by atoms with Gasteiger partial charge in [0, 0.05) is 50.4 Å². The summed E-state index contributed by atoms with van der Waals surface area (Å²) in [6.45, 7) is 9.98. The number of carbonyl (C=O) groups excluding carboxylic acids is 3. The highest BCUT2D eigenvalue weighted by atomic mass is 16.5. The van der Waals surface area contributed by atoms with Crippen LogP contribution in [0.3, 0.4) is 0 Å². The Kier molecular flexibility index (Phi) is 8.10. The summed E-state index contributed by atoms with van der Waals surface area (Å²) in [5, 5.41) is 6.45. The molecule has 9 heteroatoms. The second-order valence-corrected chi connectivity index (χ2v) is 9.69. The maximum Gasteiger partial charge on any atom is 0.335 e. The number of carbonyl (C=O) groups is 3. The number of rotatable bonds is 9. The van der Waals surface area contributed by atoms with E-state index in [1.165, 1.54) is 0 Å². The number of hydrogen-bond acceptors (Lipinski definition) is 9. The van der Waals surface area contributed by atoms with E-state index in [1.54, 1.807) is 24.3 Å². The first-order valence-corrected chi connectivity index (χ1v) is 12.6. The highest BCUT2D eigenvalue weighted by Crippen LogP contribution is 2.22. The minimum atomic E-state index is -0.302. The first-order valence-electron chi connectivity index (χ1n) is 12.6. The van der Waals surface area contributed by atoms with Gasteiger partial charge in [-0.2, -0.15) is 0 Å². The van der Waals surface area contributed by atoms with E-state index in [2.05, 4.69) is 20.4 Å². The van der Waals surface area contributed by atoms with Gasteiger partial charge in [0.25, 0.3) is 0 Å². The van der Waals surface area contributed by atoms with E-state index in [-0.39, 0.29) is 28.9 Å². The highest BCUT2D eigenvalue weighted by Gasteiger charge is 2.30. The van der Waals surface area contributed by atoms with E-state index in [4.69, 9.17) is 10.5 Å². The van der Waals surface area contributed by atoms with Crippen molar-refractivity contribution in [3.63, 3.8) is 0 Å². The zero-order valence-corrected chi connectivity index (χ0v) is 21.0. The van der Waals surface area contributed by atoms with Gasteiger partial charge >= 0.3 is 5.97 Å². The summed E-state index contributed by atoms with van der Waals surface area (Å²) in [4.78, 5) is 42.1. The molecule has 0 bridgehead atoms. The fourth-order valence-electron chi connectivity index (χ4n) is 4.47. The average Bonchev–Trinajstić information content (AvgIpc) is 2.90. The number of hydrogen-bond donors (Lipinski definition) is 3. The van der Waals surface area contributed by atoms with Crippen molar-refractivity contribution in [1.82, 2.24) is 20.4 Å². The molecule has 4 rings (SSSR count). The molecule has 0 aromatic heterocycles. The first kappa shape index (κ1) is 25.5. The summed E-state index contributed by atoms with van der Waals surface area (Å²) < 4.78 is 5.31. The molecule has 1 saturated heterocycles. The van der Waals surface area contributed by atoms with Gasteiger partial charge in [0.1, 0.15) is 17.2 Å². The first-order chi connectivity index (χ1) is 17.3. The number of benzene rings is 1. The van der Waals surface area contributed by atoms with Crippen LogP contribution in [0.4, 0.5) is 0 Å². The maximum absolute atomic E-state index is 12.8. The molecule has 0 amide bonds. The Balaban J connectivity index is 1.20. The molecule has 1 aromatic carbocycles. The van der Waals surface area contributed by atoms with Crippen LogP contribution in [-0.2, 0) is 9.53 Å². The van der Waals surface area contributed by atoms with Gasteiger partial charge in [-0.1, -0.05) is 38.1 Å². The molecule has 0 radical (unpaired) electrons. The van der Waals surface area contributed by atoms with E-state index < -0.39 is 0 Å². The summed E-state index contributed by atoms with van der Waals surface area (Å²) in [6.07, 6.45) is 4.63. The molecular formula is C27H35N5O4. The lowest BCUT2D eigenvalue weighted by Crippen LogP contribution is -2.49. The Morgan fingerprint density at radius 1 is 1.08 bits per heavy atom. The highest BCUT2D eigenvalue weighted by molar-refractivity contribution is 6.26. The van der Waals surface area contributed by atoms with Gasteiger partial charge in [0.15, 0.2) is 0 Å². The standard InChI is InChI=1S/C27H35N5O4/c1-18(2)17-36-27(35)19-8-9-22(30-16-19)32-14-12-31(13-15-32)11-5-10-29-24-23(28)25(33)20-6-3-4-7-21(20)26(24)34/h3-4,6-9,18,29-30H,5,10-17,28H2,1-2H3. The SMILES string of the molecule is CC(C)COC(=O)C1=CC=C(N2CCN(CCCNC3=C(N)C(=O)c4ccccc4C3=O)CC2)NC1. The molecule has 4 N–H and O–H groups in total. The van der Waals surface area contributed by atoms with Crippen LogP contribution in [0.25, 0.3) is 0 Å². The van der Waals surface area contributed by atoms with Crippen LogP contribution in [0.1, 0.15) is 41.0 Å². The van der Waals surface area contributed by atoms with Crippen LogP contribution < -0.4 is 16.4 Å².